The molecule has 0 bridgehead atoms. The van der Waals surface area contributed by atoms with Crippen LogP contribution in [0.15, 0.2) is 60.7 Å². The molecule has 0 aromatic heterocycles. The van der Waals surface area contributed by atoms with Gasteiger partial charge in [0.1, 0.15) is 13.1 Å². The molecule has 0 heterocycles. The summed E-state index contributed by atoms with van der Waals surface area (Å²) in [6.45, 7) is 10.1. The second-order valence-electron chi connectivity index (χ2n) is 7.51. The van der Waals surface area contributed by atoms with Crippen molar-refractivity contribution in [1.29, 1.82) is 0 Å². The van der Waals surface area contributed by atoms with E-state index in [1.807, 2.05) is 32.9 Å². The molecule has 2 aromatic carbocycles. The van der Waals surface area contributed by atoms with Gasteiger partial charge in [0.25, 0.3) is 0 Å². The van der Waals surface area contributed by atoms with Crippen molar-refractivity contribution in [3.05, 3.63) is 71.8 Å². The topological polar surface area (TPSA) is 27.7 Å². The lowest BCUT2D eigenvalue weighted by Crippen LogP contribution is -2.52. The third-order valence-electron chi connectivity index (χ3n) is 5.21. The molecule has 2 rings (SSSR count). The molecule has 4 nitrogen and oxygen atoms in total. The highest BCUT2D eigenvalue weighted by Gasteiger charge is 2.41. The van der Waals surface area contributed by atoms with E-state index >= 15 is 0 Å². The number of benzene rings is 2. The minimum absolute atomic E-state index is 0.549. The quantitative estimate of drug-likeness (QED) is 0.156. The van der Waals surface area contributed by atoms with Gasteiger partial charge in [0.15, 0.2) is 0 Å². The maximum absolute atomic E-state index is 6.05. The maximum atomic E-state index is 6.05. The molecule has 0 atom stereocenters. The minimum Gasteiger partial charge on any atom is -0.374 e. The van der Waals surface area contributed by atoms with Crippen molar-refractivity contribution >= 4 is 38.0 Å². The Morgan fingerprint density at radius 2 is 1.23 bits per heavy atom. The molecule has 170 valence electrons. The first-order valence-electron chi connectivity index (χ1n) is 11.1. The van der Waals surface area contributed by atoms with Crippen LogP contribution >= 0.6 is 12.2 Å². The Hall–Kier alpha value is -1.19. The Labute approximate surface area is 199 Å². The first kappa shape index (κ1) is 26.1. The SMILES string of the molecule is CCO[Si](CCC[N+](Cc1ccccc1)(Cc1ccccc1)C(=S)[S-])(OCC)OCC. The van der Waals surface area contributed by atoms with Gasteiger partial charge in [-0.2, -0.15) is 0 Å². The van der Waals surface area contributed by atoms with Gasteiger partial charge in [0.2, 0.25) is 0 Å². The lowest BCUT2D eigenvalue weighted by atomic mass is 10.1. The highest BCUT2D eigenvalue weighted by molar-refractivity contribution is 7.99. The molecular formula is C24H35NO3S2Si. The number of thiocarbonyl (C=S) groups is 1. The Morgan fingerprint density at radius 3 is 1.58 bits per heavy atom. The van der Waals surface area contributed by atoms with Crippen LogP contribution in [0.1, 0.15) is 38.3 Å². The van der Waals surface area contributed by atoms with E-state index in [1.165, 1.54) is 11.1 Å². The number of nitrogens with zero attached hydrogens (tertiary/aromatic N) is 1. The van der Waals surface area contributed by atoms with E-state index < -0.39 is 8.80 Å². The first-order chi connectivity index (χ1) is 15.0. The molecule has 0 amide bonds. The highest BCUT2D eigenvalue weighted by Crippen LogP contribution is 2.25. The fourth-order valence-electron chi connectivity index (χ4n) is 3.90. The molecule has 7 heteroatoms. The fraction of sp³-hybridized carbons (Fsp3) is 0.458. The summed E-state index contributed by atoms with van der Waals surface area (Å²) in [4.78, 5) is 0. The molecule has 0 unspecified atom stereocenters. The van der Waals surface area contributed by atoms with E-state index in [-0.39, 0.29) is 0 Å². The summed E-state index contributed by atoms with van der Waals surface area (Å²) >= 11 is 11.4. The highest BCUT2D eigenvalue weighted by atomic mass is 32.1. The molecule has 0 fully saturated rings. The van der Waals surface area contributed by atoms with Crippen molar-refractivity contribution < 1.29 is 17.8 Å². The van der Waals surface area contributed by atoms with Crippen LogP contribution < -0.4 is 0 Å². The molecule has 0 aliphatic rings. The van der Waals surface area contributed by atoms with Crippen molar-refractivity contribution in [1.82, 2.24) is 0 Å². The second-order valence-corrected chi connectivity index (χ2v) is 11.3. The second kappa shape index (κ2) is 13.4. The van der Waals surface area contributed by atoms with Gasteiger partial charge in [-0.25, -0.2) is 0 Å². The summed E-state index contributed by atoms with van der Waals surface area (Å²) in [6, 6.07) is 21.7. The summed E-state index contributed by atoms with van der Waals surface area (Å²) in [7, 11) is -2.70. The molecule has 0 saturated carbocycles. The van der Waals surface area contributed by atoms with Gasteiger partial charge in [-0.15, -0.1) is 0 Å². The van der Waals surface area contributed by atoms with Gasteiger partial charge in [0.05, 0.1) is 6.54 Å². The van der Waals surface area contributed by atoms with Gasteiger partial charge in [-0.1, -0.05) is 60.7 Å². The minimum atomic E-state index is -2.70. The van der Waals surface area contributed by atoms with E-state index in [2.05, 4.69) is 48.5 Å². The van der Waals surface area contributed by atoms with Crippen LogP contribution in [0, 0.1) is 0 Å². The number of rotatable bonds is 14. The molecule has 0 N–H and O–H groups in total. The zero-order valence-electron chi connectivity index (χ0n) is 18.9. The van der Waals surface area contributed by atoms with Crippen LogP contribution in [0.5, 0.6) is 0 Å². The number of hydrogen-bond donors (Lipinski definition) is 0. The van der Waals surface area contributed by atoms with Crippen LogP contribution in [0.25, 0.3) is 0 Å². The zero-order chi connectivity index (χ0) is 22.6. The van der Waals surface area contributed by atoms with Crippen molar-refractivity contribution in [3.63, 3.8) is 0 Å². The Kier molecular flexibility index (Phi) is 11.2. The lowest BCUT2D eigenvalue weighted by Gasteiger charge is -2.42. The van der Waals surface area contributed by atoms with E-state index in [0.717, 1.165) is 32.1 Å². The van der Waals surface area contributed by atoms with Crippen LogP contribution in [0.3, 0.4) is 0 Å². The number of quaternary nitrogens is 1. The fourth-order valence-corrected chi connectivity index (χ4v) is 6.93. The normalized spacial score (nSPS) is 12.1. The molecule has 0 saturated heterocycles. The van der Waals surface area contributed by atoms with Gasteiger partial charge in [0, 0.05) is 47.7 Å². The van der Waals surface area contributed by atoms with E-state index in [9.17, 15) is 0 Å². The molecule has 2 aromatic rings. The molecule has 0 aliphatic carbocycles. The smallest absolute Gasteiger partial charge is 0.374 e. The van der Waals surface area contributed by atoms with E-state index in [1.54, 1.807) is 0 Å². The molecule has 0 spiro atoms. The Bertz CT molecular complexity index is 718. The van der Waals surface area contributed by atoms with E-state index in [0.29, 0.717) is 28.6 Å². The monoisotopic (exact) mass is 477 g/mol. The van der Waals surface area contributed by atoms with Gasteiger partial charge in [-0.05, 0) is 20.8 Å². The van der Waals surface area contributed by atoms with Crippen LogP contribution in [0.4, 0.5) is 0 Å². The van der Waals surface area contributed by atoms with Crippen molar-refractivity contribution in [2.45, 2.75) is 46.3 Å². The van der Waals surface area contributed by atoms with E-state index in [4.69, 9.17) is 38.1 Å². The molecular weight excluding hydrogens is 442 g/mol. The summed E-state index contributed by atoms with van der Waals surface area (Å²) in [5, 5.41) is 0. The summed E-state index contributed by atoms with van der Waals surface area (Å²) in [6.07, 6.45) is 0.864. The Morgan fingerprint density at radius 1 is 0.806 bits per heavy atom. The summed E-state index contributed by atoms with van der Waals surface area (Å²) in [5.41, 5.74) is 2.46. The third kappa shape index (κ3) is 8.02. The average Bonchev–Trinajstić information content (AvgIpc) is 2.75. The van der Waals surface area contributed by atoms with Gasteiger partial charge >= 0.3 is 8.80 Å². The van der Waals surface area contributed by atoms with Crippen LogP contribution in [-0.2, 0) is 39.0 Å². The zero-order valence-corrected chi connectivity index (χ0v) is 21.6. The van der Waals surface area contributed by atoms with Crippen LogP contribution in [-0.4, -0.2) is 44.0 Å². The third-order valence-corrected chi connectivity index (χ3v) is 9.13. The molecule has 0 radical (unpaired) electrons. The number of hydrogen-bond acceptors (Lipinski definition) is 5. The van der Waals surface area contributed by atoms with Crippen molar-refractivity contribution in [3.8, 4) is 0 Å². The van der Waals surface area contributed by atoms with Crippen LogP contribution in [0.2, 0.25) is 6.04 Å². The summed E-state index contributed by atoms with van der Waals surface area (Å²) in [5.74, 6) is 0. The maximum Gasteiger partial charge on any atom is 0.501 e. The average molecular weight is 478 g/mol. The predicted molar refractivity (Wildman–Crippen MR) is 135 cm³/mol. The molecule has 31 heavy (non-hydrogen) atoms. The van der Waals surface area contributed by atoms with Gasteiger partial charge in [-0.3, -0.25) is 4.48 Å². The lowest BCUT2D eigenvalue weighted by molar-refractivity contribution is -0.863. The molecule has 0 aliphatic heterocycles. The standard InChI is InChI=1S/C24H35NO3S2Si/c1-4-26-31(27-5-2,28-6-3)19-13-18-25(24(29)30,20-22-14-9-7-10-15-22)21-23-16-11-8-12-17-23/h7-12,14-17H,4-6,13,18-21H2,1-3H3. The van der Waals surface area contributed by atoms with Gasteiger partial charge < -0.3 is 38.1 Å². The predicted octanol–water partition coefficient (Wildman–Crippen LogP) is 5.47. The largest absolute Gasteiger partial charge is 0.501 e. The first-order valence-corrected chi connectivity index (χ1v) is 13.8. The van der Waals surface area contributed by atoms with Crippen molar-refractivity contribution in [2.75, 3.05) is 26.4 Å². The van der Waals surface area contributed by atoms with Crippen molar-refractivity contribution in [2.24, 2.45) is 0 Å². The summed E-state index contributed by atoms with van der Waals surface area (Å²) < 4.78 is 19.3. The Balaban J connectivity index is 2.27.